The molecular formula is C18H24N2O4. The molecule has 0 unspecified atom stereocenters. The Bertz CT molecular complexity index is 775. The second-order valence-corrected chi connectivity index (χ2v) is 6.61. The molecule has 2 rings (SSSR count). The molecule has 0 spiro atoms. The number of nitrogens with zero attached hydrogens (tertiary/aromatic N) is 1. The fraction of sp³-hybridized carbons (Fsp3) is 0.444. The van der Waals surface area contributed by atoms with Gasteiger partial charge in [0, 0.05) is 30.8 Å². The fourth-order valence-electron chi connectivity index (χ4n) is 2.38. The zero-order valence-electron chi connectivity index (χ0n) is 14.6. The molecule has 0 aliphatic rings. The molecule has 0 radical (unpaired) electrons. The minimum atomic E-state index is -0.311. The van der Waals surface area contributed by atoms with E-state index in [1.165, 1.54) is 0 Å². The number of ether oxygens (including phenoxy) is 2. The van der Waals surface area contributed by atoms with E-state index in [4.69, 9.17) is 9.47 Å². The molecule has 1 aromatic heterocycles. The van der Waals surface area contributed by atoms with E-state index in [-0.39, 0.29) is 23.6 Å². The van der Waals surface area contributed by atoms with Crippen molar-refractivity contribution in [2.75, 3.05) is 20.3 Å². The Morgan fingerprint density at radius 3 is 2.62 bits per heavy atom. The summed E-state index contributed by atoms with van der Waals surface area (Å²) < 4.78 is 12.2. The first-order valence-electron chi connectivity index (χ1n) is 7.87. The predicted molar refractivity (Wildman–Crippen MR) is 93.5 cm³/mol. The van der Waals surface area contributed by atoms with Gasteiger partial charge in [0.05, 0.1) is 12.0 Å². The maximum Gasteiger partial charge on any atom is 0.258 e. The van der Waals surface area contributed by atoms with Crippen molar-refractivity contribution in [1.82, 2.24) is 9.88 Å². The molecule has 0 fully saturated rings. The van der Waals surface area contributed by atoms with E-state index in [0.717, 1.165) is 0 Å². The number of hydrogen-bond acceptors (Lipinski definition) is 4. The third-order valence-corrected chi connectivity index (χ3v) is 3.39. The summed E-state index contributed by atoms with van der Waals surface area (Å²) in [7, 11) is 1.60. The van der Waals surface area contributed by atoms with Crippen LogP contribution in [0.4, 0.5) is 0 Å². The van der Waals surface area contributed by atoms with E-state index in [9.17, 15) is 9.59 Å². The number of hydrogen-bond donors (Lipinski definition) is 1. The molecule has 1 N–H and O–H groups in total. The van der Waals surface area contributed by atoms with Crippen molar-refractivity contribution >= 4 is 16.7 Å². The van der Waals surface area contributed by atoms with Crippen molar-refractivity contribution in [2.45, 2.75) is 32.9 Å². The molecule has 6 nitrogen and oxygen atoms in total. The number of fused-ring (bicyclic) bond motifs is 1. The Balaban J connectivity index is 2.21. The summed E-state index contributed by atoms with van der Waals surface area (Å²) in [5.41, 5.74) is -0.414. The minimum Gasteiger partial charge on any atom is -0.483 e. The summed E-state index contributed by atoms with van der Waals surface area (Å²) in [6.07, 6.45) is 1.71. The monoisotopic (exact) mass is 332 g/mol. The van der Waals surface area contributed by atoms with E-state index < -0.39 is 0 Å². The van der Waals surface area contributed by atoms with Crippen molar-refractivity contribution in [2.24, 2.45) is 0 Å². The van der Waals surface area contributed by atoms with E-state index in [1.54, 1.807) is 36.1 Å². The average molecular weight is 332 g/mol. The maximum absolute atomic E-state index is 12.5. The Kier molecular flexibility index (Phi) is 5.62. The molecule has 1 amide bonds. The molecule has 0 atom stereocenters. The van der Waals surface area contributed by atoms with Gasteiger partial charge in [-0.15, -0.1) is 0 Å². The molecule has 1 aromatic carbocycles. The van der Waals surface area contributed by atoms with Gasteiger partial charge in [-0.05, 0) is 39.0 Å². The smallest absolute Gasteiger partial charge is 0.258 e. The van der Waals surface area contributed by atoms with E-state index >= 15 is 0 Å². The highest BCUT2D eigenvalue weighted by molar-refractivity contribution is 5.88. The molecular weight excluding hydrogens is 308 g/mol. The summed E-state index contributed by atoms with van der Waals surface area (Å²) in [5.74, 6) is 0.320. The predicted octanol–water partition coefficient (Wildman–Crippen LogP) is 1.94. The number of benzene rings is 1. The minimum absolute atomic E-state index is 0.0941. The number of carbonyl (C=O) groups is 1. The Morgan fingerprint density at radius 2 is 1.96 bits per heavy atom. The van der Waals surface area contributed by atoms with E-state index in [2.05, 4.69) is 5.32 Å². The van der Waals surface area contributed by atoms with Gasteiger partial charge in [0.25, 0.3) is 11.5 Å². The van der Waals surface area contributed by atoms with Gasteiger partial charge < -0.3 is 19.4 Å². The molecule has 6 heteroatoms. The van der Waals surface area contributed by atoms with Gasteiger partial charge in [-0.2, -0.15) is 0 Å². The third kappa shape index (κ3) is 4.58. The van der Waals surface area contributed by atoms with Crippen LogP contribution in [-0.4, -0.2) is 36.3 Å². The quantitative estimate of drug-likeness (QED) is 0.878. The van der Waals surface area contributed by atoms with Gasteiger partial charge in [-0.3, -0.25) is 9.59 Å². The van der Waals surface area contributed by atoms with E-state index in [1.807, 2.05) is 26.8 Å². The van der Waals surface area contributed by atoms with Crippen molar-refractivity contribution in [1.29, 1.82) is 0 Å². The van der Waals surface area contributed by atoms with Crippen LogP contribution < -0.4 is 15.6 Å². The number of pyridine rings is 1. The summed E-state index contributed by atoms with van der Waals surface area (Å²) in [6, 6.07) is 7.08. The second kappa shape index (κ2) is 7.49. The lowest BCUT2D eigenvalue weighted by molar-refractivity contribution is -0.124. The van der Waals surface area contributed by atoms with Crippen LogP contribution in [0.2, 0.25) is 0 Å². The molecule has 24 heavy (non-hydrogen) atoms. The first-order valence-corrected chi connectivity index (χ1v) is 7.87. The SMILES string of the molecule is COCCn1ccc2c(OCC(=O)NC(C)(C)C)cccc2c1=O. The summed E-state index contributed by atoms with van der Waals surface area (Å²) in [4.78, 5) is 24.4. The lowest BCUT2D eigenvalue weighted by Crippen LogP contribution is -2.43. The number of carbonyl (C=O) groups excluding carboxylic acids is 1. The van der Waals surface area contributed by atoms with Gasteiger partial charge in [0.15, 0.2) is 6.61 Å². The summed E-state index contributed by atoms with van der Waals surface area (Å²) >= 11 is 0. The Morgan fingerprint density at radius 1 is 1.21 bits per heavy atom. The van der Waals surface area contributed by atoms with Crippen LogP contribution in [0, 0.1) is 0 Å². The van der Waals surface area contributed by atoms with E-state index in [0.29, 0.717) is 29.7 Å². The standard InChI is InChI=1S/C18H24N2O4/c1-18(2,3)19-16(21)12-24-15-7-5-6-14-13(15)8-9-20(17(14)22)10-11-23-4/h5-9H,10-12H2,1-4H3,(H,19,21). The normalized spacial score (nSPS) is 11.5. The molecule has 0 saturated carbocycles. The third-order valence-electron chi connectivity index (χ3n) is 3.39. The lowest BCUT2D eigenvalue weighted by atomic mass is 10.1. The molecule has 130 valence electrons. The number of methoxy groups -OCH3 is 1. The second-order valence-electron chi connectivity index (χ2n) is 6.61. The number of rotatable bonds is 6. The molecule has 0 aliphatic carbocycles. The van der Waals surface area contributed by atoms with Crippen LogP contribution in [0.3, 0.4) is 0 Å². The first-order chi connectivity index (χ1) is 11.3. The van der Waals surface area contributed by atoms with Gasteiger partial charge in [0.1, 0.15) is 5.75 Å². The largest absolute Gasteiger partial charge is 0.483 e. The van der Waals surface area contributed by atoms with Crippen LogP contribution in [0.15, 0.2) is 35.3 Å². The van der Waals surface area contributed by atoms with Crippen LogP contribution in [0.1, 0.15) is 20.8 Å². The molecule has 0 aliphatic heterocycles. The number of aromatic nitrogens is 1. The van der Waals surface area contributed by atoms with Gasteiger partial charge >= 0.3 is 0 Å². The zero-order valence-corrected chi connectivity index (χ0v) is 14.6. The van der Waals surface area contributed by atoms with Crippen molar-refractivity contribution in [3.8, 4) is 5.75 Å². The number of amides is 1. The van der Waals surface area contributed by atoms with Crippen LogP contribution in [0.5, 0.6) is 5.75 Å². The van der Waals surface area contributed by atoms with Crippen molar-refractivity contribution < 1.29 is 14.3 Å². The van der Waals surface area contributed by atoms with Crippen molar-refractivity contribution in [3.05, 3.63) is 40.8 Å². The Labute approximate surface area is 141 Å². The van der Waals surface area contributed by atoms with Crippen molar-refractivity contribution in [3.63, 3.8) is 0 Å². The van der Waals surface area contributed by atoms with Crippen LogP contribution >= 0.6 is 0 Å². The highest BCUT2D eigenvalue weighted by atomic mass is 16.5. The van der Waals surface area contributed by atoms with Gasteiger partial charge in [-0.25, -0.2) is 0 Å². The van der Waals surface area contributed by atoms with Gasteiger partial charge in [0.2, 0.25) is 0 Å². The molecule has 1 heterocycles. The summed E-state index contributed by atoms with van der Waals surface area (Å²) in [5, 5.41) is 4.09. The lowest BCUT2D eigenvalue weighted by Gasteiger charge is -2.20. The average Bonchev–Trinajstić information content (AvgIpc) is 2.51. The zero-order chi connectivity index (χ0) is 17.7. The number of nitrogens with one attached hydrogen (secondary N) is 1. The highest BCUT2D eigenvalue weighted by Gasteiger charge is 2.15. The highest BCUT2D eigenvalue weighted by Crippen LogP contribution is 2.23. The summed E-state index contributed by atoms with van der Waals surface area (Å²) in [6.45, 7) is 6.59. The molecule has 2 aromatic rings. The maximum atomic E-state index is 12.5. The van der Waals surface area contributed by atoms with Crippen LogP contribution in [0.25, 0.3) is 10.8 Å². The topological polar surface area (TPSA) is 69.6 Å². The molecule has 0 bridgehead atoms. The first kappa shape index (κ1) is 18.0. The Hall–Kier alpha value is -2.34. The van der Waals surface area contributed by atoms with Crippen LogP contribution in [-0.2, 0) is 16.1 Å². The molecule has 0 saturated heterocycles. The van der Waals surface area contributed by atoms with Gasteiger partial charge in [-0.1, -0.05) is 6.07 Å². The fourth-order valence-corrected chi connectivity index (χ4v) is 2.38.